The molecule has 0 aromatic heterocycles. The summed E-state index contributed by atoms with van der Waals surface area (Å²) in [7, 11) is -1.83. The van der Waals surface area contributed by atoms with Gasteiger partial charge in [-0.2, -0.15) is 0 Å². The molecule has 1 rings (SSSR count). The SMILES string of the molecule is COCCc1ccc(S(=O)(=O)N[C@@H](C)CN)cc1.Cl. The van der Waals surface area contributed by atoms with Gasteiger partial charge in [-0.25, -0.2) is 13.1 Å². The molecule has 19 heavy (non-hydrogen) atoms. The summed E-state index contributed by atoms with van der Waals surface area (Å²) in [6.45, 7) is 2.62. The predicted molar refractivity (Wildman–Crippen MR) is 78.1 cm³/mol. The number of hydrogen-bond donors (Lipinski definition) is 2. The highest BCUT2D eigenvalue weighted by molar-refractivity contribution is 7.89. The highest BCUT2D eigenvalue weighted by Gasteiger charge is 2.16. The normalized spacial score (nSPS) is 12.8. The maximum Gasteiger partial charge on any atom is 0.240 e. The molecule has 0 aliphatic carbocycles. The summed E-state index contributed by atoms with van der Waals surface area (Å²) in [5.74, 6) is 0. The Labute approximate surface area is 121 Å². The molecule has 0 saturated carbocycles. The van der Waals surface area contributed by atoms with Crippen LogP contribution in [0.2, 0.25) is 0 Å². The van der Waals surface area contributed by atoms with Crippen molar-refractivity contribution >= 4 is 22.4 Å². The number of sulfonamides is 1. The maximum absolute atomic E-state index is 11.9. The summed E-state index contributed by atoms with van der Waals surface area (Å²) in [5.41, 5.74) is 6.44. The van der Waals surface area contributed by atoms with Crippen molar-refractivity contribution < 1.29 is 13.2 Å². The van der Waals surface area contributed by atoms with Gasteiger partial charge in [0.15, 0.2) is 0 Å². The number of ether oxygens (including phenoxy) is 1. The van der Waals surface area contributed by atoms with Gasteiger partial charge in [-0.3, -0.25) is 0 Å². The van der Waals surface area contributed by atoms with E-state index in [0.29, 0.717) is 6.61 Å². The van der Waals surface area contributed by atoms with E-state index in [9.17, 15) is 8.42 Å². The minimum atomic E-state index is -3.47. The van der Waals surface area contributed by atoms with Crippen LogP contribution in [0.5, 0.6) is 0 Å². The summed E-state index contributed by atoms with van der Waals surface area (Å²) in [6, 6.07) is 6.50. The van der Waals surface area contributed by atoms with Crippen molar-refractivity contribution in [3.63, 3.8) is 0 Å². The molecule has 7 heteroatoms. The van der Waals surface area contributed by atoms with Crippen LogP contribution >= 0.6 is 12.4 Å². The Balaban J connectivity index is 0.00000324. The molecule has 0 aliphatic rings. The molecule has 3 N–H and O–H groups in total. The molecule has 1 aromatic carbocycles. The van der Waals surface area contributed by atoms with E-state index in [0.717, 1.165) is 12.0 Å². The number of nitrogens with two attached hydrogens (primary N) is 1. The first kappa shape index (κ1) is 18.3. The fourth-order valence-corrected chi connectivity index (χ4v) is 2.69. The summed E-state index contributed by atoms with van der Waals surface area (Å²) < 4.78 is 31.3. The minimum Gasteiger partial charge on any atom is -0.384 e. The van der Waals surface area contributed by atoms with Crippen LogP contribution in [0.25, 0.3) is 0 Å². The molecule has 0 radical (unpaired) electrons. The molecule has 1 atom stereocenters. The lowest BCUT2D eigenvalue weighted by Crippen LogP contribution is -2.37. The average Bonchev–Trinajstić information content (AvgIpc) is 2.36. The van der Waals surface area contributed by atoms with E-state index in [1.165, 1.54) is 0 Å². The predicted octanol–water partition coefficient (Wildman–Crippen LogP) is 0.923. The molecular weight excluding hydrogens is 288 g/mol. The van der Waals surface area contributed by atoms with Gasteiger partial charge in [0.05, 0.1) is 11.5 Å². The molecule has 0 fully saturated rings. The molecule has 1 aromatic rings. The second-order valence-corrected chi connectivity index (χ2v) is 5.86. The zero-order valence-corrected chi connectivity index (χ0v) is 12.8. The van der Waals surface area contributed by atoms with Gasteiger partial charge in [-0.1, -0.05) is 12.1 Å². The smallest absolute Gasteiger partial charge is 0.240 e. The van der Waals surface area contributed by atoms with Crippen LogP contribution in [-0.4, -0.2) is 34.7 Å². The molecule has 0 spiro atoms. The molecule has 0 bridgehead atoms. The second kappa shape index (κ2) is 8.50. The van der Waals surface area contributed by atoms with Crippen LogP contribution in [0.1, 0.15) is 12.5 Å². The highest BCUT2D eigenvalue weighted by Crippen LogP contribution is 2.11. The Morgan fingerprint density at radius 2 is 1.89 bits per heavy atom. The van der Waals surface area contributed by atoms with Gasteiger partial charge in [0.1, 0.15) is 0 Å². The van der Waals surface area contributed by atoms with Crippen molar-refractivity contribution in [2.75, 3.05) is 20.3 Å². The van der Waals surface area contributed by atoms with E-state index < -0.39 is 10.0 Å². The van der Waals surface area contributed by atoms with Gasteiger partial charge in [0.2, 0.25) is 10.0 Å². The monoisotopic (exact) mass is 308 g/mol. The van der Waals surface area contributed by atoms with Crippen molar-refractivity contribution in [1.82, 2.24) is 4.72 Å². The van der Waals surface area contributed by atoms with E-state index in [2.05, 4.69) is 4.72 Å². The molecule has 0 amide bonds. The van der Waals surface area contributed by atoms with Gasteiger partial charge in [0, 0.05) is 19.7 Å². The first-order valence-corrected chi connectivity index (χ1v) is 7.28. The Hall–Kier alpha value is -0.660. The third kappa shape index (κ3) is 5.88. The Kier molecular flexibility index (Phi) is 8.20. The minimum absolute atomic E-state index is 0. The molecule has 5 nitrogen and oxygen atoms in total. The zero-order chi connectivity index (χ0) is 13.6. The van der Waals surface area contributed by atoms with Gasteiger partial charge < -0.3 is 10.5 Å². The van der Waals surface area contributed by atoms with Gasteiger partial charge in [0.25, 0.3) is 0 Å². The number of rotatable bonds is 7. The summed E-state index contributed by atoms with van der Waals surface area (Å²) >= 11 is 0. The topological polar surface area (TPSA) is 81.4 Å². The quantitative estimate of drug-likeness (QED) is 0.785. The largest absolute Gasteiger partial charge is 0.384 e. The summed E-state index contributed by atoms with van der Waals surface area (Å²) in [4.78, 5) is 0.254. The lowest BCUT2D eigenvalue weighted by atomic mass is 10.2. The first-order valence-electron chi connectivity index (χ1n) is 5.80. The van der Waals surface area contributed by atoms with Crippen molar-refractivity contribution in [3.8, 4) is 0 Å². The van der Waals surface area contributed by atoms with Crippen molar-refractivity contribution in [2.24, 2.45) is 5.73 Å². The van der Waals surface area contributed by atoms with Crippen LogP contribution in [0.15, 0.2) is 29.2 Å². The third-order valence-electron chi connectivity index (χ3n) is 2.54. The number of hydrogen-bond acceptors (Lipinski definition) is 4. The fourth-order valence-electron chi connectivity index (χ4n) is 1.44. The van der Waals surface area contributed by atoms with Crippen molar-refractivity contribution in [3.05, 3.63) is 29.8 Å². The van der Waals surface area contributed by atoms with E-state index in [4.69, 9.17) is 10.5 Å². The molecule has 0 unspecified atom stereocenters. The van der Waals surface area contributed by atoms with Crippen LogP contribution < -0.4 is 10.5 Å². The average molecular weight is 309 g/mol. The summed E-state index contributed by atoms with van der Waals surface area (Å²) in [6.07, 6.45) is 0.767. The Bertz CT molecular complexity index is 462. The molecule has 0 heterocycles. The van der Waals surface area contributed by atoms with E-state index in [-0.39, 0.29) is 29.9 Å². The Morgan fingerprint density at radius 3 is 2.37 bits per heavy atom. The van der Waals surface area contributed by atoms with Crippen molar-refractivity contribution in [1.29, 1.82) is 0 Å². The van der Waals surface area contributed by atoms with Crippen LogP contribution in [0.4, 0.5) is 0 Å². The first-order chi connectivity index (χ1) is 8.49. The van der Waals surface area contributed by atoms with Crippen LogP contribution in [-0.2, 0) is 21.2 Å². The maximum atomic E-state index is 11.9. The van der Waals surface area contributed by atoms with Crippen LogP contribution in [0, 0.1) is 0 Å². The lowest BCUT2D eigenvalue weighted by Gasteiger charge is -2.12. The molecule has 0 aliphatic heterocycles. The van der Waals surface area contributed by atoms with Gasteiger partial charge in [-0.15, -0.1) is 12.4 Å². The Morgan fingerprint density at radius 1 is 1.32 bits per heavy atom. The standard InChI is InChI=1S/C12H20N2O3S.ClH/c1-10(9-13)14-18(15,16)12-5-3-11(4-6-12)7-8-17-2;/h3-6,10,14H,7-9,13H2,1-2H3;1H/t10-;/m0./s1. The number of halogens is 1. The second-order valence-electron chi connectivity index (χ2n) is 4.14. The van der Waals surface area contributed by atoms with E-state index >= 15 is 0 Å². The molecule has 0 saturated heterocycles. The fraction of sp³-hybridized carbons (Fsp3) is 0.500. The number of methoxy groups -OCH3 is 1. The van der Waals surface area contributed by atoms with E-state index in [1.807, 2.05) is 0 Å². The number of nitrogens with one attached hydrogen (secondary N) is 1. The van der Waals surface area contributed by atoms with Crippen LogP contribution in [0.3, 0.4) is 0 Å². The number of benzene rings is 1. The van der Waals surface area contributed by atoms with Gasteiger partial charge in [-0.05, 0) is 31.0 Å². The zero-order valence-electron chi connectivity index (χ0n) is 11.1. The molecular formula is C12H21ClN2O3S. The summed E-state index contributed by atoms with van der Waals surface area (Å²) in [5, 5.41) is 0. The van der Waals surface area contributed by atoms with Gasteiger partial charge >= 0.3 is 0 Å². The lowest BCUT2D eigenvalue weighted by molar-refractivity contribution is 0.202. The molecule has 110 valence electrons. The van der Waals surface area contributed by atoms with E-state index in [1.54, 1.807) is 38.3 Å². The van der Waals surface area contributed by atoms with Crippen molar-refractivity contribution in [2.45, 2.75) is 24.3 Å². The third-order valence-corrected chi connectivity index (χ3v) is 4.14. The highest BCUT2D eigenvalue weighted by atomic mass is 35.5.